The number of benzene rings is 1. The summed E-state index contributed by atoms with van der Waals surface area (Å²) < 4.78 is 6.94. The fraction of sp³-hybridized carbons (Fsp3) is 0.423. The third kappa shape index (κ3) is 2.59. The number of aromatic nitrogens is 2. The molecule has 6 nitrogen and oxygen atoms in total. The summed E-state index contributed by atoms with van der Waals surface area (Å²) in [6, 6.07) is 10.0. The fourth-order valence-electron chi connectivity index (χ4n) is 5.92. The van der Waals surface area contributed by atoms with Gasteiger partial charge in [-0.2, -0.15) is 0 Å². The number of fused-ring (bicyclic) bond motifs is 5. The summed E-state index contributed by atoms with van der Waals surface area (Å²) in [6.07, 6.45) is 6.17. The van der Waals surface area contributed by atoms with Crippen molar-refractivity contribution in [3.05, 3.63) is 62.9 Å². The highest BCUT2D eigenvalue weighted by atomic mass is 16.6. The molecule has 0 saturated heterocycles. The summed E-state index contributed by atoms with van der Waals surface area (Å²) in [5.74, 6) is -0.230. The lowest BCUT2D eigenvalue weighted by molar-refractivity contribution is -0.172. The summed E-state index contributed by atoms with van der Waals surface area (Å²) >= 11 is 0. The van der Waals surface area contributed by atoms with Crippen LogP contribution in [0, 0.1) is 0 Å². The monoisotopic (exact) mass is 430 g/mol. The van der Waals surface area contributed by atoms with Gasteiger partial charge in [0.1, 0.15) is 6.61 Å². The van der Waals surface area contributed by atoms with Crippen LogP contribution in [0.2, 0.25) is 0 Å². The van der Waals surface area contributed by atoms with E-state index < -0.39 is 11.6 Å². The third-order valence-electron chi connectivity index (χ3n) is 7.65. The molecule has 6 heteroatoms. The molecule has 1 fully saturated rings. The second-order valence-corrected chi connectivity index (χ2v) is 9.31. The van der Waals surface area contributed by atoms with E-state index in [1.807, 2.05) is 12.1 Å². The van der Waals surface area contributed by atoms with E-state index in [0.717, 1.165) is 29.6 Å². The first-order valence-electron chi connectivity index (χ1n) is 11.6. The van der Waals surface area contributed by atoms with Crippen LogP contribution in [0.3, 0.4) is 0 Å². The molecule has 1 N–H and O–H groups in total. The highest BCUT2D eigenvalue weighted by Crippen LogP contribution is 2.44. The molecule has 1 atom stereocenters. The predicted octanol–water partition coefficient (Wildman–Crippen LogP) is 4.13. The predicted molar refractivity (Wildman–Crippen MR) is 120 cm³/mol. The third-order valence-corrected chi connectivity index (χ3v) is 7.65. The number of esters is 1. The summed E-state index contributed by atoms with van der Waals surface area (Å²) in [5, 5.41) is 12.3. The van der Waals surface area contributed by atoms with Crippen molar-refractivity contribution in [2.24, 2.45) is 0 Å². The topological polar surface area (TPSA) is 81.4 Å². The van der Waals surface area contributed by atoms with Gasteiger partial charge in [-0.3, -0.25) is 4.79 Å². The van der Waals surface area contributed by atoms with Crippen molar-refractivity contribution in [3.8, 4) is 11.4 Å². The average molecular weight is 431 g/mol. The van der Waals surface area contributed by atoms with E-state index in [4.69, 9.17) is 9.72 Å². The van der Waals surface area contributed by atoms with E-state index >= 15 is 0 Å². The Kier molecular flexibility index (Phi) is 4.31. The quantitative estimate of drug-likeness (QED) is 0.484. The molecular weight excluding hydrogens is 404 g/mol. The Balaban J connectivity index is 1.63. The van der Waals surface area contributed by atoms with Crippen LogP contribution in [0.1, 0.15) is 73.6 Å². The van der Waals surface area contributed by atoms with Crippen LogP contribution in [0.15, 0.2) is 35.1 Å². The minimum absolute atomic E-state index is 0.100. The van der Waals surface area contributed by atoms with Gasteiger partial charge in [0.2, 0.25) is 0 Å². The summed E-state index contributed by atoms with van der Waals surface area (Å²) in [5.41, 5.74) is 3.60. The standard InChI is InChI=1S/C26H26N2O4/c1-2-26(31)19-12-21-23-17(13-28(21)24(29)18(19)14-32-25(26)30)22(15-8-4-3-5-9-15)16-10-6-7-11-20(16)27-23/h6-7,10-12,15,31H,2-5,8-9,13-14H2,1H3/t26-/m0/s1. The first-order valence-corrected chi connectivity index (χ1v) is 11.6. The fourth-order valence-corrected chi connectivity index (χ4v) is 5.92. The molecule has 0 spiro atoms. The summed E-state index contributed by atoms with van der Waals surface area (Å²) in [6.45, 7) is 2.10. The second kappa shape index (κ2) is 7.01. The van der Waals surface area contributed by atoms with Crippen molar-refractivity contribution in [2.75, 3.05) is 0 Å². The van der Waals surface area contributed by atoms with Crippen LogP contribution in [0.5, 0.6) is 0 Å². The molecular formula is C26H26N2O4. The number of para-hydroxylation sites is 1. The van der Waals surface area contributed by atoms with Crippen molar-refractivity contribution >= 4 is 16.9 Å². The normalized spacial score (nSPS) is 22.4. The van der Waals surface area contributed by atoms with Crippen LogP contribution >= 0.6 is 0 Å². The van der Waals surface area contributed by atoms with Gasteiger partial charge in [-0.15, -0.1) is 0 Å². The number of nitrogens with zero attached hydrogens (tertiary/aromatic N) is 2. The molecule has 3 aliphatic rings. The molecule has 0 amide bonds. The lowest BCUT2D eigenvalue weighted by Gasteiger charge is -2.31. The molecule has 1 saturated carbocycles. The smallest absolute Gasteiger partial charge is 0.343 e. The van der Waals surface area contributed by atoms with Gasteiger partial charge in [0.15, 0.2) is 5.60 Å². The number of ether oxygens (including phenoxy) is 1. The van der Waals surface area contributed by atoms with Crippen molar-refractivity contribution < 1.29 is 14.6 Å². The Bertz CT molecular complexity index is 1340. The molecule has 2 aromatic heterocycles. The zero-order chi connectivity index (χ0) is 22.0. The minimum atomic E-state index is -1.80. The van der Waals surface area contributed by atoms with Crippen molar-refractivity contribution in [2.45, 2.75) is 70.1 Å². The Hall–Kier alpha value is -2.99. The van der Waals surface area contributed by atoms with Crippen molar-refractivity contribution in [3.63, 3.8) is 0 Å². The van der Waals surface area contributed by atoms with E-state index in [9.17, 15) is 14.7 Å². The number of rotatable bonds is 2. The van der Waals surface area contributed by atoms with E-state index in [0.29, 0.717) is 29.3 Å². The van der Waals surface area contributed by atoms with Gasteiger partial charge in [-0.1, -0.05) is 44.4 Å². The van der Waals surface area contributed by atoms with Gasteiger partial charge >= 0.3 is 5.97 Å². The van der Waals surface area contributed by atoms with Crippen LogP contribution in [0.25, 0.3) is 22.3 Å². The highest BCUT2D eigenvalue weighted by molar-refractivity contribution is 5.89. The number of cyclic esters (lactones) is 1. The van der Waals surface area contributed by atoms with Gasteiger partial charge in [-0.05, 0) is 42.9 Å². The molecule has 164 valence electrons. The number of pyridine rings is 2. The van der Waals surface area contributed by atoms with E-state index in [-0.39, 0.29) is 18.6 Å². The van der Waals surface area contributed by atoms with Crippen LogP contribution in [0.4, 0.5) is 0 Å². The van der Waals surface area contributed by atoms with Gasteiger partial charge < -0.3 is 14.4 Å². The van der Waals surface area contributed by atoms with Crippen molar-refractivity contribution in [1.82, 2.24) is 9.55 Å². The van der Waals surface area contributed by atoms with Gasteiger partial charge in [0.25, 0.3) is 5.56 Å². The van der Waals surface area contributed by atoms with E-state index in [1.54, 1.807) is 17.6 Å². The Morgan fingerprint density at radius 3 is 2.72 bits per heavy atom. The molecule has 0 unspecified atom stereocenters. The maximum Gasteiger partial charge on any atom is 0.343 e. The van der Waals surface area contributed by atoms with Crippen LogP contribution < -0.4 is 5.56 Å². The largest absolute Gasteiger partial charge is 0.458 e. The molecule has 32 heavy (non-hydrogen) atoms. The molecule has 1 aromatic carbocycles. The molecule has 4 heterocycles. The number of hydrogen-bond acceptors (Lipinski definition) is 5. The number of aliphatic hydroxyl groups is 1. The zero-order valence-electron chi connectivity index (χ0n) is 18.2. The SMILES string of the molecule is CC[C@@]1(O)C(=O)OCc2c1cc1n(c2=O)Cc2c-1nc1ccccc1c2C1CCCCC1. The first kappa shape index (κ1) is 19.7. The summed E-state index contributed by atoms with van der Waals surface area (Å²) in [4.78, 5) is 30.9. The minimum Gasteiger partial charge on any atom is -0.458 e. The van der Waals surface area contributed by atoms with Crippen LogP contribution in [-0.4, -0.2) is 20.6 Å². The lowest BCUT2D eigenvalue weighted by Crippen LogP contribution is -2.44. The maximum absolute atomic E-state index is 13.5. The van der Waals surface area contributed by atoms with Gasteiger partial charge in [-0.25, -0.2) is 9.78 Å². The Labute approximate surface area is 185 Å². The van der Waals surface area contributed by atoms with Gasteiger partial charge in [0.05, 0.1) is 29.0 Å². The first-order chi connectivity index (χ1) is 15.5. The highest BCUT2D eigenvalue weighted by Gasteiger charge is 2.45. The molecule has 1 aliphatic carbocycles. The van der Waals surface area contributed by atoms with Crippen LogP contribution in [-0.2, 0) is 28.3 Å². The number of hydrogen-bond donors (Lipinski definition) is 1. The molecule has 6 rings (SSSR count). The lowest BCUT2D eigenvalue weighted by atomic mass is 9.80. The molecule has 0 bridgehead atoms. The second-order valence-electron chi connectivity index (χ2n) is 9.31. The zero-order valence-corrected chi connectivity index (χ0v) is 18.2. The van der Waals surface area contributed by atoms with Crippen molar-refractivity contribution in [1.29, 1.82) is 0 Å². The molecule has 0 radical (unpaired) electrons. The molecule has 2 aliphatic heterocycles. The van der Waals surface area contributed by atoms with E-state index in [2.05, 4.69) is 12.1 Å². The average Bonchev–Trinajstić information content (AvgIpc) is 3.19. The number of carbonyl (C=O) groups excluding carboxylic acids is 1. The number of carbonyl (C=O) groups is 1. The Morgan fingerprint density at radius 1 is 1.16 bits per heavy atom. The van der Waals surface area contributed by atoms with Gasteiger partial charge in [0, 0.05) is 16.5 Å². The summed E-state index contributed by atoms with van der Waals surface area (Å²) in [7, 11) is 0. The maximum atomic E-state index is 13.5. The Morgan fingerprint density at radius 2 is 1.94 bits per heavy atom. The van der Waals surface area contributed by atoms with E-state index in [1.165, 1.54) is 30.2 Å². The molecule has 3 aromatic rings.